The van der Waals surface area contributed by atoms with Gasteiger partial charge in [-0.25, -0.2) is 4.98 Å². The lowest BCUT2D eigenvalue weighted by Crippen LogP contribution is -2.24. The van der Waals surface area contributed by atoms with Gasteiger partial charge < -0.3 is 5.32 Å². The minimum absolute atomic E-state index is 0.0479. The van der Waals surface area contributed by atoms with Crippen molar-refractivity contribution < 1.29 is 0 Å². The van der Waals surface area contributed by atoms with E-state index < -0.39 is 0 Å². The molecule has 0 fully saturated rings. The first-order valence-corrected chi connectivity index (χ1v) is 5.18. The molecule has 0 atom stereocenters. The van der Waals surface area contributed by atoms with Gasteiger partial charge in [-0.1, -0.05) is 0 Å². The van der Waals surface area contributed by atoms with Gasteiger partial charge in [0.15, 0.2) is 0 Å². The number of hydrogen-bond donors (Lipinski definition) is 1. The molecule has 0 amide bonds. The molecule has 5 heteroatoms. The summed E-state index contributed by atoms with van der Waals surface area (Å²) in [5.41, 5.74) is 0.0479. The second-order valence-corrected chi connectivity index (χ2v) is 3.86. The largest absolute Gasteiger partial charge is 0.320 e. The number of aryl methyl sites for hydroxylation is 1. The number of nitrogens with zero attached hydrogens (tertiary/aromatic N) is 2. The minimum Gasteiger partial charge on any atom is -0.320 e. The van der Waals surface area contributed by atoms with Crippen molar-refractivity contribution in [1.82, 2.24) is 14.9 Å². The Morgan fingerprint density at radius 2 is 2.46 bits per heavy atom. The van der Waals surface area contributed by atoms with Crippen molar-refractivity contribution in [2.45, 2.75) is 13.0 Å². The van der Waals surface area contributed by atoms with E-state index in [9.17, 15) is 4.79 Å². The standard InChI is InChI=1S/C8H12IN3O/c1-10-3-2-4-12-6-11-5-7(9)8(12)13/h5-6,10H,2-4H2,1H3. The fourth-order valence-corrected chi connectivity index (χ4v) is 1.48. The summed E-state index contributed by atoms with van der Waals surface area (Å²) in [5.74, 6) is 0. The molecule has 0 aromatic carbocycles. The highest BCUT2D eigenvalue weighted by Gasteiger charge is 1.99. The van der Waals surface area contributed by atoms with Gasteiger partial charge in [-0.05, 0) is 42.6 Å². The maximum absolute atomic E-state index is 11.5. The molecule has 0 aliphatic rings. The minimum atomic E-state index is 0.0479. The summed E-state index contributed by atoms with van der Waals surface area (Å²) in [6.45, 7) is 1.64. The van der Waals surface area contributed by atoms with Crippen molar-refractivity contribution in [3.05, 3.63) is 26.4 Å². The molecule has 13 heavy (non-hydrogen) atoms. The summed E-state index contributed by atoms with van der Waals surface area (Å²) in [4.78, 5) is 15.4. The number of aromatic nitrogens is 2. The Hall–Kier alpha value is -0.430. The Balaban J connectivity index is 2.67. The third-order valence-corrected chi connectivity index (χ3v) is 2.42. The van der Waals surface area contributed by atoms with Crippen molar-refractivity contribution in [2.75, 3.05) is 13.6 Å². The highest BCUT2D eigenvalue weighted by atomic mass is 127. The van der Waals surface area contributed by atoms with Crippen LogP contribution in [0.1, 0.15) is 6.42 Å². The molecule has 0 aliphatic heterocycles. The molecule has 4 nitrogen and oxygen atoms in total. The van der Waals surface area contributed by atoms with Crippen LogP contribution in [0.4, 0.5) is 0 Å². The molecular formula is C8H12IN3O. The van der Waals surface area contributed by atoms with E-state index >= 15 is 0 Å². The zero-order valence-electron chi connectivity index (χ0n) is 7.46. The van der Waals surface area contributed by atoms with Crippen LogP contribution in [0.2, 0.25) is 0 Å². The third kappa shape index (κ3) is 3.07. The number of rotatable bonds is 4. The molecule has 1 aromatic heterocycles. The van der Waals surface area contributed by atoms with E-state index in [0.717, 1.165) is 19.5 Å². The van der Waals surface area contributed by atoms with Gasteiger partial charge >= 0.3 is 0 Å². The Kier molecular flexibility index (Phi) is 4.37. The zero-order valence-corrected chi connectivity index (χ0v) is 9.61. The first-order valence-electron chi connectivity index (χ1n) is 4.10. The Labute approximate surface area is 90.5 Å². The SMILES string of the molecule is CNCCCn1cncc(I)c1=O. The van der Waals surface area contributed by atoms with E-state index in [-0.39, 0.29) is 5.56 Å². The molecule has 0 unspecified atom stereocenters. The van der Waals surface area contributed by atoms with E-state index in [1.165, 1.54) is 0 Å². The highest BCUT2D eigenvalue weighted by Crippen LogP contribution is 1.93. The number of hydrogen-bond acceptors (Lipinski definition) is 3. The topological polar surface area (TPSA) is 46.9 Å². The molecule has 1 rings (SSSR count). The van der Waals surface area contributed by atoms with Crippen molar-refractivity contribution in [3.63, 3.8) is 0 Å². The van der Waals surface area contributed by atoms with Gasteiger partial charge in [0, 0.05) is 12.7 Å². The normalized spacial score (nSPS) is 10.3. The monoisotopic (exact) mass is 293 g/mol. The smallest absolute Gasteiger partial charge is 0.266 e. The highest BCUT2D eigenvalue weighted by molar-refractivity contribution is 14.1. The van der Waals surface area contributed by atoms with Crippen molar-refractivity contribution in [3.8, 4) is 0 Å². The van der Waals surface area contributed by atoms with Gasteiger partial charge in [0.2, 0.25) is 0 Å². The number of nitrogens with one attached hydrogen (secondary N) is 1. The Bertz CT molecular complexity index is 323. The second-order valence-electron chi connectivity index (χ2n) is 2.70. The van der Waals surface area contributed by atoms with Crippen LogP contribution in [0, 0.1) is 3.57 Å². The molecule has 1 aromatic rings. The molecule has 0 saturated carbocycles. The van der Waals surface area contributed by atoms with Crippen molar-refractivity contribution in [1.29, 1.82) is 0 Å². The summed E-state index contributed by atoms with van der Waals surface area (Å²) in [7, 11) is 1.90. The molecule has 0 bridgehead atoms. The van der Waals surface area contributed by atoms with Gasteiger partial charge in [-0.15, -0.1) is 0 Å². The average molecular weight is 293 g/mol. The van der Waals surface area contributed by atoms with Crippen LogP contribution in [-0.4, -0.2) is 23.1 Å². The van der Waals surface area contributed by atoms with Crippen molar-refractivity contribution >= 4 is 22.6 Å². The lowest BCUT2D eigenvalue weighted by Gasteiger charge is -2.03. The van der Waals surface area contributed by atoms with Gasteiger partial charge in [0.05, 0.1) is 9.90 Å². The summed E-state index contributed by atoms with van der Waals surface area (Å²) < 4.78 is 2.31. The summed E-state index contributed by atoms with van der Waals surface area (Å²) in [5, 5.41) is 3.03. The average Bonchev–Trinajstić information content (AvgIpc) is 2.13. The zero-order chi connectivity index (χ0) is 9.68. The lowest BCUT2D eigenvalue weighted by atomic mass is 10.4. The van der Waals surface area contributed by atoms with Crippen LogP contribution in [0.3, 0.4) is 0 Å². The first-order chi connectivity index (χ1) is 6.25. The van der Waals surface area contributed by atoms with Gasteiger partial charge in [-0.2, -0.15) is 0 Å². The van der Waals surface area contributed by atoms with Crippen molar-refractivity contribution in [2.24, 2.45) is 0 Å². The summed E-state index contributed by atoms with van der Waals surface area (Å²) in [6.07, 6.45) is 4.11. The van der Waals surface area contributed by atoms with Crippen LogP contribution >= 0.6 is 22.6 Å². The fraction of sp³-hybridized carbons (Fsp3) is 0.500. The van der Waals surface area contributed by atoms with E-state index in [2.05, 4.69) is 10.3 Å². The van der Waals surface area contributed by atoms with Crippen LogP contribution in [0.5, 0.6) is 0 Å². The van der Waals surface area contributed by atoms with Gasteiger partial charge in [-0.3, -0.25) is 9.36 Å². The third-order valence-electron chi connectivity index (χ3n) is 1.68. The van der Waals surface area contributed by atoms with E-state index in [0.29, 0.717) is 3.57 Å². The van der Waals surface area contributed by atoms with Crippen LogP contribution in [0.25, 0.3) is 0 Å². The molecule has 0 radical (unpaired) electrons. The second kappa shape index (κ2) is 5.33. The molecule has 0 spiro atoms. The summed E-state index contributed by atoms with van der Waals surface area (Å²) in [6, 6.07) is 0. The predicted octanol–water partition coefficient (Wildman–Crippen LogP) is 0.457. The molecule has 0 aliphatic carbocycles. The van der Waals surface area contributed by atoms with Crippen LogP contribution in [-0.2, 0) is 6.54 Å². The quantitative estimate of drug-likeness (QED) is 0.648. The maximum Gasteiger partial charge on any atom is 0.266 e. The van der Waals surface area contributed by atoms with Crippen LogP contribution < -0.4 is 10.9 Å². The molecule has 72 valence electrons. The van der Waals surface area contributed by atoms with E-state index in [4.69, 9.17) is 0 Å². The molecule has 1 N–H and O–H groups in total. The van der Waals surface area contributed by atoms with Gasteiger partial charge in [0.25, 0.3) is 5.56 Å². The Morgan fingerprint density at radius 3 is 3.15 bits per heavy atom. The summed E-state index contributed by atoms with van der Waals surface area (Å²) >= 11 is 2.00. The van der Waals surface area contributed by atoms with E-state index in [1.54, 1.807) is 17.1 Å². The predicted molar refractivity (Wildman–Crippen MR) is 59.8 cm³/mol. The Morgan fingerprint density at radius 1 is 1.69 bits per heavy atom. The lowest BCUT2D eigenvalue weighted by molar-refractivity contribution is 0.587. The van der Waals surface area contributed by atoms with Crippen LogP contribution in [0.15, 0.2) is 17.3 Å². The fourth-order valence-electron chi connectivity index (χ4n) is 1.01. The van der Waals surface area contributed by atoms with Gasteiger partial charge in [0.1, 0.15) is 0 Å². The maximum atomic E-state index is 11.5. The van der Waals surface area contributed by atoms with E-state index in [1.807, 2.05) is 29.6 Å². The molecule has 1 heterocycles. The molecular weight excluding hydrogens is 281 g/mol. The molecule has 0 saturated heterocycles. The number of halogens is 1. The first kappa shape index (κ1) is 10.6.